The lowest BCUT2D eigenvalue weighted by Gasteiger charge is -2.28. The highest BCUT2D eigenvalue weighted by Crippen LogP contribution is 2.18. The fraction of sp³-hybridized carbons (Fsp3) is 0.864. The number of hydrogen-bond acceptors (Lipinski definition) is 5. The summed E-state index contributed by atoms with van der Waals surface area (Å²) in [6.07, 6.45) is 15.5. The second kappa shape index (κ2) is 19.6. The summed E-state index contributed by atoms with van der Waals surface area (Å²) in [5, 5.41) is 0. The van der Waals surface area contributed by atoms with E-state index in [1.807, 2.05) is 26.8 Å². The Labute approximate surface area is 174 Å². The Morgan fingerprint density at radius 1 is 0.750 bits per heavy atom. The molecular formula is C22H44O5Si. The number of allylic oxidation sites excluding steroid dienone is 1. The van der Waals surface area contributed by atoms with Crippen molar-refractivity contribution in [2.45, 2.75) is 97.9 Å². The minimum atomic E-state index is -2.63. The molecule has 0 heterocycles. The standard InChI is InChI=1S/C22H44O5Si/c1-5-9-10-11-12-13-14-15-16-17-19-22(23)24-20-18-21-28(25-6-2,26-7-3)27-8-4/h17,19H,5-16,18,20-21H2,1-4H3. The molecule has 0 saturated heterocycles. The van der Waals surface area contributed by atoms with Gasteiger partial charge in [0.15, 0.2) is 0 Å². The monoisotopic (exact) mass is 416 g/mol. The first-order chi connectivity index (χ1) is 13.6. The minimum Gasteiger partial charge on any atom is -0.463 e. The van der Waals surface area contributed by atoms with E-state index >= 15 is 0 Å². The number of esters is 1. The summed E-state index contributed by atoms with van der Waals surface area (Å²) in [6.45, 7) is 10.1. The fourth-order valence-corrected chi connectivity index (χ4v) is 5.67. The number of carbonyl (C=O) groups excluding carboxylic acids is 1. The Morgan fingerprint density at radius 3 is 1.82 bits per heavy atom. The third-order valence-corrected chi connectivity index (χ3v) is 7.59. The Kier molecular flexibility index (Phi) is 19.1. The summed E-state index contributed by atoms with van der Waals surface area (Å²) < 4.78 is 22.7. The van der Waals surface area contributed by atoms with Crippen LogP contribution in [0.25, 0.3) is 0 Å². The predicted molar refractivity (Wildman–Crippen MR) is 117 cm³/mol. The summed E-state index contributed by atoms with van der Waals surface area (Å²) in [5.74, 6) is -0.268. The Morgan fingerprint density at radius 2 is 1.29 bits per heavy atom. The van der Waals surface area contributed by atoms with Crippen molar-refractivity contribution in [2.24, 2.45) is 0 Å². The minimum absolute atomic E-state index is 0.268. The van der Waals surface area contributed by atoms with Crippen molar-refractivity contribution in [3.63, 3.8) is 0 Å². The third kappa shape index (κ3) is 15.3. The van der Waals surface area contributed by atoms with E-state index in [2.05, 4.69) is 6.92 Å². The second-order valence-electron chi connectivity index (χ2n) is 6.92. The van der Waals surface area contributed by atoms with Gasteiger partial charge in [-0.2, -0.15) is 0 Å². The van der Waals surface area contributed by atoms with Gasteiger partial charge in [0.2, 0.25) is 0 Å². The van der Waals surface area contributed by atoms with Crippen LogP contribution in [0.5, 0.6) is 0 Å². The van der Waals surface area contributed by atoms with Crippen molar-refractivity contribution >= 4 is 14.8 Å². The fourth-order valence-electron chi connectivity index (χ4n) is 3.09. The van der Waals surface area contributed by atoms with E-state index in [-0.39, 0.29) is 5.97 Å². The van der Waals surface area contributed by atoms with Gasteiger partial charge in [-0.3, -0.25) is 0 Å². The average Bonchev–Trinajstić information content (AvgIpc) is 2.67. The summed E-state index contributed by atoms with van der Waals surface area (Å²) in [7, 11) is -2.63. The van der Waals surface area contributed by atoms with Crippen LogP contribution in [0.4, 0.5) is 0 Å². The number of unbranched alkanes of at least 4 members (excludes halogenated alkanes) is 8. The number of rotatable bonds is 20. The van der Waals surface area contributed by atoms with Crippen LogP contribution in [0.3, 0.4) is 0 Å². The van der Waals surface area contributed by atoms with Gasteiger partial charge in [0.05, 0.1) is 6.61 Å². The van der Waals surface area contributed by atoms with Gasteiger partial charge in [-0.25, -0.2) is 4.79 Å². The molecule has 0 aliphatic carbocycles. The van der Waals surface area contributed by atoms with Crippen LogP contribution in [0.1, 0.15) is 91.9 Å². The zero-order chi connectivity index (χ0) is 20.9. The molecule has 0 aromatic carbocycles. The molecule has 0 atom stereocenters. The van der Waals surface area contributed by atoms with E-state index in [0.717, 1.165) is 12.8 Å². The highest BCUT2D eigenvalue weighted by atomic mass is 28.4. The quantitative estimate of drug-likeness (QED) is 0.105. The topological polar surface area (TPSA) is 54.0 Å². The Hall–Kier alpha value is -0.693. The van der Waals surface area contributed by atoms with Crippen LogP contribution in [-0.2, 0) is 22.8 Å². The van der Waals surface area contributed by atoms with Gasteiger partial charge < -0.3 is 18.0 Å². The van der Waals surface area contributed by atoms with Crippen molar-refractivity contribution < 1.29 is 22.8 Å². The zero-order valence-electron chi connectivity index (χ0n) is 18.8. The highest BCUT2D eigenvalue weighted by molar-refractivity contribution is 6.60. The summed E-state index contributed by atoms with van der Waals surface area (Å²) in [5.41, 5.74) is 0. The van der Waals surface area contributed by atoms with E-state index in [1.54, 1.807) is 6.08 Å². The molecule has 0 aliphatic rings. The van der Waals surface area contributed by atoms with Crippen LogP contribution >= 0.6 is 0 Å². The van der Waals surface area contributed by atoms with Gasteiger partial charge in [0.25, 0.3) is 0 Å². The SMILES string of the molecule is CCCCCCCCCCC=CC(=O)OCCC[Si](OCC)(OCC)OCC. The maximum Gasteiger partial charge on any atom is 0.501 e. The molecule has 0 fully saturated rings. The Bertz CT molecular complexity index is 370. The lowest BCUT2D eigenvalue weighted by atomic mass is 10.1. The number of ether oxygens (including phenoxy) is 1. The summed E-state index contributed by atoms with van der Waals surface area (Å²) >= 11 is 0. The summed E-state index contributed by atoms with van der Waals surface area (Å²) in [6, 6.07) is 0.664. The molecule has 0 aromatic heterocycles. The van der Waals surface area contributed by atoms with Crippen LogP contribution in [0, 0.1) is 0 Å². The zero-order valence-corrected chi connectivity index (χ0v) is 19.8. The molecular weight excluding hydrogens is 372 g/mol. The van der Waals surface area contributed by atoms with Crippen LogP contribution in [-0.4, -0.2) is 41.2 Å². The molecule has 0 N–H and O–H groups in total. The van der Waals surface area contributed by atoms with E-state index < -0.39 is 8.80 Å². The van der Waals surface area contributed by atoms with Crippen molar-refractivity contribution in [3.05, 3.63) is 12.2 Å². The first kappa shape index (κ1) is 27.3. The third-order valence-electron chi connectivity index (χ3n) is 4.44. The largest absolute Gasteiger partial charge is 0.501 e. The average molecular weight is 417 g/mol. The van der Waals surface area contributed by atoms with Crippen molar-refractivity contribution in [1.29, 1.82) is 0 Å². The molecule has 0 unspecified atom stereocenters. The molecule has 0 aromatic rings. The van der Waals surface area contributed by atoms with Crippen molar-refractivity contribution in [3.8, 4) is 0 Å². The first-order valence-corrected chi connectivity index (χ1v) is 13.3. The van der Waals surface area contributed by atoms with Crippen molar-refractivity contribution in [1.82, 2.24) is 0 Å². The molecule has 0 radical (unpaired) electrons. The molecule has 0 saturated carbocycles. The van der Waals surface area contributed by atoms with Gasteiger partial charge in [-0.15, -0.1) is 0 Å². The molecule has 0 aliphatic heterocycles. The lowest BCUT2D eigenvalue weighted by Crippen LogP contribution is -2.46. The van der Waals surface area contributed by atoms with Crippen LogP contribution in [0.15, 0.2) is 12.2 Å². The first-order valence-electron chi connectivity index (χ1n) is 11.4. The number of hydrogen-bond donors (Lipinski definition) is 0. The maximum absolute atomic E-state index is 11.8. The van der Waals surface area contributed by atoms with Gasteiger partial charge in [-0.05, 0) is 40.0 Å². The smallest absolute Gasteiger partial charge is 0.463 e. The van der Waals surface area contributed by atoms with Gasteiger partial charge in [0, 0.05) is 31.9 Å². The van der Waals surface area contributed by atoms with Gasteiger partial charge in [-0.1, -0.05) is 57.9 Å². The molecule has 0 spiro atoms. The number of carbonyl (C=O) groups is 1. The normalized spacial score (nSPS) is 12.0. The van der Waals surface area contributed by atoms with E-state index in [4.69, 9.17) is 18.0 Å². The molecule has 5 nitrogen and oxygen atoms in total. The van der Waals surface area contributed by atoms with E-state index in [1.165, 1.54) is 44.9 Å². The highest BCUT2D eigenvalue weighted by Gasteiger charge is 2.39. The molecule has 166 valence electrons. The lowest BCUT2D eigenvalue weighted by molar-refractivity contribution is -0.137. The van der Waals surface area contributed by atoms with Gasteiger partial charge in [0.1, 0.15) is 0 Å². The molecule has 28 heavy (non-hydrogen) atoms. The predicted octanol–water partition coefficient (Wildman–Crippen LogP) is 6.06. The van der Waals surface area contributed by atoms with Crippen molar-refractivity contribution in [2.75, 3.05) is 26.4 Å². The summed E-state index contributed by atoms with van der Waals surface area (Å²) in [4.78, 5) is 11.8. The molecule has 6 heteroatoms. The maximum atomic E-state index is 11.8. The van der Waals surface area contributed by atoms with Crippen LogP contribution < -0.4 is 0 Å². The van der Waals surface area contributed by atoms with E-state index in [0.29, 0.717) is 38.9 Å². The van der Waals surface area contributed by atoms with Gasteiger partial charge >= 0.3 is 14.8 Å². The van der Waals surface area contributed by atoms with E-state index in [9.17, 15) is 4.79 Å². The Balaban J connectivity index is 3.83. The second-order valence-corrected chi connectivity index (χ2v) is 9.65. The molecule has 0 amide bonds. The molecule has 0 bridgehead atoms. The molecule has 0 rings (SSSR count). The van der Waals surface area contributed by atoms with Crippen LogP contribution in [0.2, 0.25) is 6.04 Å².